The molecule has 0 bridgehead atoms. The van der Waals surface area contributed by atoms with Crippen molar-refractivity contribution < 1.29 is 18.0 Å². The zero-order valence-electron chi connectivity index (χ0n) is 14.9. The average Bonchev–Trinajstić information content (AvgIpc) is 2.61. The smallest absolute Gasteiger partial charge is 0.285 e. The summed E-state index contributed by atoms with van der Waals surface area (Å²) in [5, 5.41) is 2.58. The molecule has 2 amide bonds. The Bertz CT molecular complexity index is 1000. The summed E-state index contributed by atoms with van der Waals surface area (Å²) in [6, 6.07) is 11.3. The van der Waals surface area contributed by atoms with E-state index in [2.05, 4.69) is 10.0 Å². The predicted octanol–water partition coefficient (Wildman–Crippen LogP) is 3.15. The van der Waals surface area contributed by atoms with Gasteiger partial charge in [0.15, 0.2) is 0 Å². The number of anilines is 2. The molecule has 1 aliphatic heterocycles. The molecule has 0 unspecified atom stereocenters. The first-order valence-electron chi connectivity index (χ1n) is 8.19. The zero-order valence-corrected chi connectivity index (χ0v) is 16.5. The van der Waals surface area contributed by atoms with Gasteiger partial charge in [0.2, 0.25) is 5.91 Å². The second kappa shape index (κ2) is 7.61. The summed E-state index contributed by atoms with van der Waals surface area (Å²) in [5.74, 6) is -0.0715. The van der Waals surface area contributed by atoms with Crippen LogP contribution in [0, 0.1) is 0 Å². The van der Waals surface area contributed by atoms with Gasteiger partial charge in [0.25, 0.3) is 15.3 Å². The molecule has 0 saturated carbocycles. The van der Waals surface area contributed by atoms with Crippen molar-refractivity contribution in [3.63, 3.8) is 0 Å². The summed E-state index contributed by atoms with van der Waals surface area (Å²) in [7, 11) is -0.483. The van der Waals surface area contributed by atoms with Gasteiger partial charge in [0.1, 0.15) is 0 Å². The van der Waals surface area contributed by atoms with Gasteiger partial charge in [0, 0.05) is 36.8 Å². The van der Waals surface area contributed by atoms with Crippen LogP contribution in [0.15, 0.2) is 52.3 Å². The van der Waals surface area contributed by atoms with E-state index in [1.54, 1.807) is 50.5 Å². The van der Waals surface area contributed by atoms with Crippen LogP contribution in [0.5, 0.6) is 0 Å². The molecule has 2 aromatic rings. The number of nitrogens with one attached hydrogen (secondary N) is 2. The van der Waals surface area contributed by atoms with Crippen LogP contribution in [0.3, 0.4) is 0 Å². The highest BCUT2D eigenvalue weighted by atomic mass is 32.2. The lowest BCUT2D eigenvalue weighted by atomic mass is 10.0. The number of hydrogen-bond donors (Lipinski definition) is 2. The zero-order chi connectivity index (χ0) is 19.6. The molecule has 1 aliphatic rings. The first-order chi connectivity index (χ1) is 12.7. The molecule has 7 nitrogen and oxygen atoms in total. The number of benzene rings is 2. The third-order valence-electron chi connectivity index (χ3n) is 3.94. The summed E-state index contributed by atoms with van der Waals surface area (Å²) in [4.78, 5) is 25.5. The maximum Gasteiger partial charge on any atom is 0.285 e. The van der Waals surface area contributed by atoms with Crippen LogP contribution in [-0.4, -0.2) is 38.6 Å². The normalized spacial score (nSPS) is 13.5. The lowest BCUT2D eigenvalue weighted by molar-refractivity contribution is -0.116. The number of nitrogens with zero attached hydrogens (tertiary/aromatic N) is 1. The summed E-state index contributed by atoms with van der Waals surface area (Å²) in [6.07, 6.45) is 0.840. The molecule has 0 fully saturated rings. The van der Waals surface area contributed by atoms with Crippen LogP contribution >= 0.6 is 11.8 Å². The molecule has 9 heteroatoms. The SMILES string of the molecule is CN(C)C(=O)Sc1cccc(NS(=O)(=O)c2ccc3c(c2)CCC(=O)N3)c1. The van der Waals surface area contributed by atoms with Gasteiger partial charge >= 0.3 is 0 Å². The minimum absolute atomic E-state index is 0.0715. The van der Waals surface area contributed by atoms with E-state index in [-0.39, 0.29) is 16.0 Å². The van der Waals surface area contributed by atoms with Crippen molar-refractivity contribution >= 4 is 44.3 Å². The van der Waals surface area contributed by atoms with Gasteiger partial charge in [-0.05, 0) is 60.1 Å². The summed E-state index contributed by atoms with van der Waals surface area (Å²) in [6.45, 7) is 0. The molecule has 0 aliphatic carbocycles. The van der Waals surface area contributed by atoms with Crippen LogP contribution in [0.1, 0.15) is 12.0 Å². The summed E-state index contributed by atoms with van der Waals surface area (Å²) in [5.41, 5.74) is 1.81. The van der Waals surface area contributed by atoms with E-state index >= 15 is 0 Å². The number of sulfonamides is 1. The second-order valence-electron chi connectivity index (χ2n) is 6.26. The Balaban J connectivity index is 1.81. The van der Waals surface area contributed by atoms with Crippen LogP contribution in [0.25, 0.3) is 0 Å². The molecule has 0 atom stereocenters. The van der Waals surface area contributed by atoms with E-state index in [1.807, 2.05) is 0 Å². The highest BCUT2D eigenvalue weighted by molar-refractivity contribution is 8.13. The largest absolute Gasteiger partial charge is 0.339 e. The number of carbonyl (C=O) groups excluding carboxylic acids is 2. The molecule has 27 heavy (non-hydrogen) atoms. The molecular formula is C18H19N3O4S2. The Morgan fingerprint density at radius 2 is 1.93 bits per heavy atom. The third kappa shape index (κ3) is 4.61. The van der Waals surface area contributed by atoms with E-state index in [0.29, 0.717) is 29.1 Å². The standard InChI is InChI=1S/C18H19N3O4S2/c1-21(2)18(23)26-14-5-3-4-13(11-14)20-27(24,25)15-7-8-16-12(10-15)6-9-17(22)19-16/h3-5,7-8,10-11,20H,6,9H2,1-2H3,(H,19,22). The van der Waals surface area contributed by atoms with Gasteiger partial charge in [0.05, 0.1) is 4.90 Å². The van der Waals surface area contributed by atoms with Crippen LogP contribution in [0.4, 0.5) is 16.2 Å². The molecular weight excluding hydrogens is 386 g/mol. The number of thioether (sulfide) groups is 1. The Kier molecular flexibility index (Phi) is 5.43. The van der Waals surface area contributed by atoms with Crippen molar-refractivity contribution in [2.75, 3.05) is 24.1 Å². The average molecular weight is 406 g/mol. The number of rotatable bonds is 4. The Morgan fingerprint density at radius 1 is 1.15 bits per heavy atom. The Hall–Kier alpha value is -2.52. The number of amides is 2. The van der Waals surface area contributed by atoms with Gasteiger partial charge in [-0.2, -0.15) is 0 Å². The van der Waals surface area contributed by atoms with Crippen LogP contribution < -0.4 is 10.0 Å². The third-order valence-corrected chi connectivity index (χ3v) is 6.35. The molecule has 0 radical (unpaired) electrons. The van der Waals surface area contributed by atoms with Crippen LogP contribution in [-0.2, 0) is 21.2 Å². The minimum Gasteiger partial charge on any atom is -0.339 e. The van der Waals surface area contributed by atoms with Gasteiger partial charge in [-0.15, -0.1) is 0 Å². The molecule has 1 heterocycles. The van der Waals surface area contributed by atoms with E-state index < -0.39 is 10.0 Å². The number of hydrogen-bond acceptors (Lipinski definition) is 5. The van der Waals surface area contributed by atoms with Crippen molar-refractivity contribution in [1.82, 2.24) is 4.90 Å². The van der Waals surface area contributed by atoms with Gasteiger partial charge in [-0.25, -0.2) is 8.42 Å². The Morgan fingerprint density at radius 3 is 2.67 bits per heavy atom. The molecule has 2 aromatic carbocycles. The van der Waals surface area contributed by atoms with E-state index in [4.69, 9.17) is 0 Å². The highest BCUT2D eigenvalue weighted by Crippen LogP contribution is 2.28. The molecule has 2 N–H and O–H groups in total. The first kappa shape index (κ1) is 19.2. The summed E-state index contributed by atoms with van der Waals surface area (Å²) < 4.78 is 28.0. The minimum atomic E-state index is -3.79. The fourth-order valence-electron chi connectivity index (χ4n) is 2.56. The maximum absolute atomic E-state index is 12.7. The van der Waals surface area contributed by atoms with Crippen LogP contribution in [0.2, 0.25) is 0 Å². The molecule has 0 aromatic heterocycles. The quantitative estimate of drug-likeness (QED) is 0.762. The van der Waals surface area contributed by atoms with Crippen molar-refractivity contribution in [2.45, 2.75) is 22.6 Å². The van der Waals surface area contributed by atoms with Gasteiger partial charge < -0.3 is 10.2 Å². The van der Waals surface area contributed by atoms with Gasteiger partial charge in [-0.3, -0.25) is 14.3 Å². The molecule has 0 saturated heterocycles. The van der Waals surface area contributed by atoms with E-state index in [0.717, 1.165) is 17.3 Å². The topological polar surface area (TPSA) is 95.6 Å². The van der Waals surface area contributed by atoms with E-state index in [9.17, 15) is 18.0 Å². The lowest BCUT2D eigenvalue weighted by Crippen LogP contribution is -2.20. The number of carbonyl (C=O) groups is 2. The summed E-state index contributed by atoms with van der Waals surface area (Å²) >= 11 is 1.02. The second-order valence-corrected chi connectivity index (χ2v) is 8.97. The monoisotopic (exact) mass is 405 g/mol. The number of fused-ring (bicyclic) bond motifs is 1. The Labute approximate surface area is 162 Å². The number of aryl methyl sites for hydroxylation is 1. The maximum atomic E-state index is 12.7. The first-order valence-corrected chi connectivity index (χ1v) is 10.5. The predicted molar refractivity (Wildman–Crippen MR) is 106 cm³/mol. The molecule has 3 rings (SSSR count). The fraction of sp³-hybridized carbons (Fsp3) is 0.222. The van der Waals surface area contributed by atoms with Crippen molar-refractivity contribution in [1.29, 1.82) is 0 Å². The van der Waals surface area contributed by atoms with Gasteiger partial charge in [-0.1, -0.05) is 6.07 Å². The molecule has 142 valence electrons. The van der Waals surface area contributed by atoms with Crippen molar-refractivity contribution in [2.24, 2.45) is 0 Å². The van der Waals surface area contributed by atoms with E-state index in [1.165, 1.54) is 11.0 Å². The molecule has 0 spiro atoms. The highest BCUT2D eigenvalue weighted by Gasteiger charge is 2.20. The lowest BCUT2D eigenvalue weighted by Gasteiger charge is -2.18. The fourth-order valence-corrected chi connectivity index (χ4v) is 4.37. The van der Waals surface area contributed by atoms with Crippen molar-refractivity contribution in [3.05, 3.63) is 48.0 Å². The van der Waals surface area contributed by atoms with Crippen molar-refractivity contribution in [3.8, 4) is 0 Å².